The fourth-order valence-corrected chi connectivity index (χ4v) is 2.43. The summed E-state index contributed by atoms with van der Waals surface area (Å²) in [6, 6.07) is 16.9. The molecule has 7 nitrogen and oxygen atoms in total. The predicted molar refractivity (Wildman–Crippen MR) is 107 cm³/mol. The maximum absolute atomic E-state index is 11.1. The van der Waals surface area contributed by atoms with E-state index in [-0.39, 0.29) is 5.91 Å². The summed E-state index contributed by atoms with van der Waals surface area (Å²) in [5, 5.41) is 9.18. The minimum Gasteiger partial charge on any atom is -0.494 e. The maximum Gasteiger partial charge on any atom is 0.221 e. The standard InChI is InChI=1S/C20H21N5O2/c1-3-27-18-10-8-17(9-11-18)25-20-12-19(21-13-22-20)24-16-6-4-15(5-7-16)23-14(2)26/h4-13H,3H2,1-2H3,(H,23,26)(H2,21,22,24,25). The topological polar surface area (TPSA) is 88.2 Å². The molecular weight excluding hydrogens is 342 g/mol. The van der Waals surface area contributed by atoms with Gasteiger partial charge in [0, 0.05) is 30.1 Å². The van der Waals surface area contributed by atoms with Crippen LogP contribution in [0.3, 0.4) is 0 Å². The van der Waals surface area contributed by atoms with E-state index in [1.54, 1.807) is 0 Å². The van der Waals surface area contributed by atoms with Gasteiger partial charge in [0.1, 0.15) is 23.7 Å². The summed E-state index contributed by atoms with van der Waals surface area (Å²) >= 11 is 0. The number of hydrogen-bond acceptors (Lipinski definition) is 6. The van der Waals surface area contributed by atoms with Gasteiger partial charge in [0.05, 0.1) is 6.61 Å². The molecule has 0 aliphatic rings. The SMILES string of the molecule is CCOc1ccc(Nc2cc(Nc3ccc(NC(C)=O)cc3)ncn2)cc1. The molecule has 0 aliphatic heterocycles. The Labute approximate surface area is 157 Å². The minimum absolute atomic E-state index is 0.100. The van der Waals surface area contributed by atoms with Crippen molar-refractivity contribution in [3.8, 4) is 5.75 Å². The van der Waals surface area contributed by atoms with E-state index < -0.39 is 0 Å². The number of amides is 1. The minimum atomic E-state index is -0.100. The molecule has 0 fully saturated rings. The van der Waals surface area contributed by atoms with E-state index in [0.29, 0.717) is 18.2 Å². The van der Waals surface area contributed by atoms with Crippen molar-refractivity contribution in [3.63, 3.8) is 0 Å². The first-order valence-electron chi connectivity index (χ1n) is 8.59. The summed E-state index contributed by atoms with van der Waals surface area (Å²) in [6.07, 6.45) is 1.49. The van der Waals surface area contributed by atoms with Crippen LogP contribution in [0.25, 0.3) is 0 Å². The predicted octanol–water partition coefficient (Wildman–Crippen LogP) is 4.32. The van der Waals surface area contributed by atoms with E-state index >= 15 is 0 Å². The van der Waals surface area contributed by atoms with E-state index in [1.807, 2.05) is 61.5 Å². The highest BCUT2D eigenvalue weighted by molar-refractivity contribution is 5.88. The van der Waals surface area contributed by atoms with Crippen molar-refractivity contribution in [2.45, 2.75) is 13.8 Å². The highest BCUT2D eigenvalue weighted by Gasteiger charge is 2.02. The van der Waals surface area contributed by atoms with Gasteiger partial charge in [0.2, 0.25) is 5.91 Å². The summed E-state index contributed by atoms with van der Waals surface area (Å²) < 4.78 is 5.44. The van der Waals surface area contributed by atoms with E-state index in [0.717, 1.165) is 22.8 Å². The molecule has 0 spiro atoms. The Hall–Kier alpha value is -3.61. The first-order chi connectivity index (χ1) is 13.1. The van der Waals surface area contributed by atoms with Gasteiger partial charge in [-0.2, -0.15) is 0 Å². The van der Waals surface area contributed by atoms with Gasteiger partial charge >= 0.3 is 0 Å². The number of ether oxygens (including phenoxy) is 1. The molecule has 0 aliphatic carbocycles. The monoisotopic (exact) mass is 363 g/mol. The maximum atomic E-state index is 11.1. The molecule has 3 rings (SSSR count). The number of aromatic nitrogens is 2. The Morgan fingerprint density at radius 1 is 0.889 bits per heavy atom. The Morgan fingerprint density at radius 2 is 1.41 bits per heavy atom. The van der Waals surface area contributed by atoms with Gasteiger partial charge in [-0.1, -0.05) is 0 Å². The Kier molecular flexibility index (Phi) is 5.84. The van der Waals surface area contributed by atoms with Crippen LogP contribution in [0.4, 0.5) is 28.7 Å². The largest absolute Gasteiger partial charge is 0.494 e. The molecule has 0 atom stereocenters. The third-order valence-corrected chi connectivity index (χ3v) is 3.58. The van der Waals surface area contributed by atoms with Crippen LogP contribution >= 0.6 is 0 Å². The van der Waals surface area contributed by atoms with Gasteiger partial charge in [-0.05, 0) is 55.5 Å². The van der Waals surface area contributed by atoms with Crippen LogP contribution in [0.15, 0.2) is 60.9 Å². The summed E-state index contributed by atoms with van der Waals surface area (Å²) in [4.78, 5) is 19.5. The number of carbonyl (C=O) groups excluding carboxylic acids is 1. The Balaban J connectivity index is 1.65. The van der Waals surface area contributed by atoms with Crippen LogP contribution in [0.1, 0.15) is 13.8 Å². The molecule has 1 aromatic heterocycles. The number of nitrogens with one attached hydrogen (secondary N) is 3. The van der Waals surface area contributed by atoms with E-state index in [9.17, 15) is 4.79 Å². The summed E-state index contributed by atoms with van der Waals surface area (Å²) in [5.41, 5.74) is 2.51. The number of nitrogens with zero attached hydrogens (tertiary/aromatic N) is 2. The fraction of sp³-hybridized carbons (Fsp3) is 0.150. The first kappa shape index (κ1) is 18.2. The van der Waals surface area contributed by atoms with Crippen LogP contribution in [-0.2, 0) is 4.79 Å². The molecule has 1 heterocycles. The average Bonchev–Trinajstić information content (AvgIpc) is 2.65. The molecule has 0 radical (unpaired) electrons. The highest BCUT2D eigenvalue weighted by Crippen LogP contribution is 2.22. The number of anilines is 5. The second-order valence-electron chi connectivity index (χ2n) is 5.75. The van der Waals surface area contributed by atoms with Crippen LogP contribution in [-0.4, -0.2) is 22.5 Å². The normalized spacial score (nSPS) is 10.1. The quantitative estimate of drug-likeness (QED) is 0.579. The molecule has 27 heavy (non-hydrogen) atoms. The zero-order valence-electron chi connectivity index (χ0n) is 15.2. The smallest absolute Gasteiger partial charge is 0.221 e. The molecule has 2 aromatic carbocycles. The van der Waals surface area contributed by atoms with Gasteiger partial charge in [-0.15, -0.1) is 0 Å². The van der Waals surface area contributed by atoms with Crippen molar-refractivity contribution < 1.29 is 9.53 Å². The second kappa shape index (κ2) is 8.66. The lowest BCUT2D eigenvalue weighted by atomic mass is 10.2. The molecule has 3 N–H and O–H groups in total. The van der Waals surface area contributed by atoms with E-state index in [4.69, 9.17) is 4.74 Å². The average molecular weight is 363 g/mol. The van der Waals surface area contributed by atoms with Crippen molar-refractivity contribution in [2.24, 2.45) is 0 Å². The Bertz CT molecular complexity index is 895. The van der Waals surface area contributed by atoms with Crippen LogP contribution in [0.5, 0.6) is 5.75 Å². The van der Waals surface area contributed by atoms with Crippen molar-refractivity contribution in [2.75, 3.05) is 22.6 Å². The molecule has 0 bridgehead atoms. The lowest BCUT2D eigenvalue weighted by Crippen LogP contribution is -2.05. The number of benzene rings is 2. The molecule has 138 valence electrons. The molecule has 1 amide bonds. The van der Waals surface area contributed by atoms with Gasteiger partial charge < -0.3 is 20.7 Å². The zero-order valence-corrected chi connectivity index (χ0v) is 15.2. The van der Waals surface area contributed by atoms with Crippen molar-refractivity contribution in [1.29, 1.82) is 0 Å². The summed E-state index contributed by atoms with van der Waals surface area (Å²) in [7, 11) is 0. The molecule has 0 saturated heterocycles. The first-order valence-corrected chi connectivity index (χ1v) is 8.59. The van der Waals surface area contributed by atoms with Crippen molar-refractivity contribution in [1.82, 2.24) is 9.97 Å². The molecular formula is C20H21N5O2. The summed E-state index contributed by atoms with van der Waals surface area (Å²) in [5.74, 6) is 2.06. The van der Waals surface area contributed by atoms with Crippen molar-refractivity contribution >= 4 is 34.6 Å². The van der Waals surface area contributed by atoms with Crippen LogP contribution in [0.2, 0.25) is 0 Å². The van der Waals surface area contributed by atoms with Gasteiger partial charge in [0.15, 0.2) is 0 Å². The van der Waals surface area contributed by atoms with Crippen LogP contribution < -0.4 is 20.7 Å². The molecule has 3 aromatic rings. The van der Waals surface area contributed by atoms with E-state index in [1.165, 1.54) is 13.3 Å². The lowest BCUT2D eigenvalue weighted by Gasteiger charge is -2.10. The highest BCUT2D eigenvalue weighted by atomic mass is 16.5. The summed E-state index contributed by atoms with van der Waals surface area (Å²) in [6.45, 7) is 4.07. The van der Waals surface area contributed by atoms with Gasteiger partial charge in [-0.3, -0.25) is 4.79 Å². The van der Waals surface area contributed by atoms with Crippen LogP contribution in [0, 0.1) is 0 Å². The number of carbonyl (C=O) groups is 1. The van der Waals surface area contributed by atoms with Crippen molar-refractivity contribution in [3.05, 3.63) is 60.9 Å². The third-order valence-electron chi connectivity index (χ3n) is 3.58. The second-order valence-corrected chi connectivity index (χ2v) is 5.75. The van der Waals surface area contributed by atoms with Gasteiger partial charge in [-0.25, -0.2) is 9.97 Å². The van der Waals surface area contributed by atoms with E-state index in [2.05, 4.69) is 25.9 Å². The number of rotatable bonds is 7. The van der Waals surface area contributed by atoms with Gasteiger partial charge in [0.25, 0.3) is 0 Å². The lowest BCUT2D eigenvalue weighted by molar-refractivity contribution is -0.114. The molecule has 0 saturated carbocycles. The molecule has 0 unspecified atom stereocenters. The third kappa shape index (κ3) is 5.43. The zero-order chi connectivity index (χ0) is 19.1. The molecule has 7 heteroatoms. The Morgan fingerprint density at radius 3 is 1.93 bits per heavy atom. The number of hydrogen-bond donors (Lipinski definition) is 3. The fourth-order valence-electron chi connectivity index (χ4n) is 2.43.